The monoisotopic (exact) mass is 496 g/mol. The van der Waals surface area contributed by atoms with Gasteiger partial charge in [-0.3, -0.25) is 4.79 Å². The topological polar surface area (TPSA) is 69.3 Å². The highest BCUT2D eigenvalue weighted by atomic mass is 35.5. The highest BCUT2D eigenvalue weighted by Crippen LogP contribution is 2.42. The fourth-order valence-electron chi connectivity index (χ4n) is 4.33. The lowest BCUT2D eigenvalue weighted by Crippen LogP contribution is -2.35. The maximum absolute atomic E-state index is 13.2. The molecule has 0 unspecified atom stereocenters. The van der Waals surface area contributed by atoms with Crippen LogP contribution >= 0.6 is 12.4 Å². The predicted octanol–water partition coefficient (Wildman–Crippen LogP) is 3.39. The Morgan fingerprint density at radius 3 is 2.18 bits per heavy atom. The highest BCUT2D eigenvalue weighted by molar-refractivity contribution is 5.85. The molecule has 1 aliphatic heterocycles. The molecule has 0 saturated carbocycles. The van der Waals surface area contributed by atoms with Crippen molar-refractivity contribution in [2.45, 2.75) is 31.6 Å². The van der Waals surface area contributed by atoms with Gasteiger partial charge >= 0.3 is 0 Å². The van der Waals surface area contributed by atoms with E-state index in [9.17, 15) is 4.79 Å². The summed E-state index contributed by atoms with van der Waals surface area (Å²) in [4.78, 5) is 14.0. The molecule has 0 bridgehead atoms. The molecular weight excluding hydrogens is 456 g/mol. The Balaban J connectivity index is 0.00000441. The van der Waals surface area contributed by atoms with Gasteiger partial charge in [-0.2, -0.15) is 0 Å². The van der Waals surface area contributed by atoms with Crippen LogP contribution in [0.1, 0.15) is 42.8 Å². The second kappa shape index (κ2) is 11.7. The van der Waals surface area contributed by atoms with Gasteiger partial charge in [-0.15, -0.1) is 12.4 Å². The van der Waals surface area contributed by atoms with E-state index in [0.29, 0.717) is 35.0 Å². The van der Waals surface area contributed by atoms with Crippen molar-refractivity contribution in [1.82, 2.24) is 10.2 Å². The number of benzene rings is 2. The minimum atomic E-state index is -3.09. The Hall–Kier alpha value is -2.64. The van der Waals surface area contributed by atoms with Crippen LogP contribution in [0.3, 0.4) is 0 Å². The zero-order valence-corrected chi connectivity index (χ0v) is 20.6. The van der Waals surface area contributed by atoms with Gasteiger partial charge in [0.15, 0.2) is 23.0 Å². The summed E-state index contributed by atoms with van der Waals surface area (Å²) >= 11 is 0. The molecule has 1 aliphatic carbocycles. The number of nitrogens with zero attached hydrogens (tertiary/aromatic N) is 1. The number of fused-ring (bicyclic) bond motifs is 2. The summed E-state index contributed by atoms with van der Waals surface area (Å²) < 4.78 is 72.8. The smallest absolute Gasteiger partial charge is 0.227 e. The van der Waals surface area contributed by atoms with Gasteiger partial charge in [0.05, 0.1) is 34.9 Å². The molecule has 7 nitrogen and oxygen atoms in total. The number of ether oxygens (including phenoxy) is 4. The van der Waals surface area contributed by atoms with Crippen LogP contribution in [0.25, 0.3) is 0 Å². The predicted molar refractivity (Wildman–Crippen MR) is 134 cm³/mol. The Kier molecular flexibility index (Phi) is 6.40. The van der Waals surface area contributed by atoms with E-state index in [-0.39, 0.29) is 44.3 Å². The third kappa shape index (κ3) is 5.36. The van der Waals surface area contributed by atoms with Crippen molar-refractivity contribution < 1.29 is 32.0 Å². The van der Waals surface area contributed by atoms with Gasteiger partial charge in [0.2, 0.25) is 5.91 Å². The molecule has 1 amide bonds. The van der Waals surface area contributed by atoms with Crippen molar-refractivity contribution in [2.24, 2.45) is 0 Å². The zero-order valence-electron chi connectivity index (χ0n) is 25.8. The average molecular weight is 497 g/mol. The number of hydrogen-bond donors (Lipinski definition) is 1. The fourth-order valence-corrected chi connectivity index (χ4v) is 4.33. The minimum absolute atomic E-state index is 0. The molecule has 0 saturated heterocycles. The van der Waals surface area contributed by atoms with Gasteiger partial charge in [0, 0.05) is 33.7 Å². The first kappa shape index (κ1) is 18.7. The number of amides is 1. The molecule has 34 heavy (non-hydrogen) atoms. The lowest BCUT2D eigenvalue weighted by molar-refractivity contribution is -0.130. The van der Waals surface area contributed by atoms with Gasteiger partial charge in [0.25, 0.3) is 0 Å². The van der Waals surface area contributed by atoms with E-state index in [1.165, 1.54) is 21.3 Å². The molecule has 2 aliphatic rings. The summed E-state index contributed by atoms with van der Waals surface area (Å²) in [5, 5.41) is 2.61. The molecule has 2 aromatic rings. The van der Waals surface area contributed by atoms with Crippen molar-refractivity contribution in [3.05, 3.63) is 46.5 Å². The highest BCUT2D eigenvalue weighted by Gasteiger charge is 2.28. The number of nitrogens with one attached hydrogen (secondary N) is 1. The number of hydrogen-bond acceptors (Lipinski definition) is 6. The number of carbonyl (C=O) groups excluding carboxylic acids is 1. The first-order chi connectivity index (χ1) is 18.3. The zero-order chi connectivity index (χ0) is 28.8. The average Bonchev–Trinajstić information content (AvgIpc) is 3.05. The van der Waals surface area contributed by atoms with Crippen molar-refractivity contribution >= 4 is 18.3 Å². The van der Waals surface area contributed by atoms with Crippen LogP contribution in [0.5, 0.6) is 23.0 Å². The van der Waals surface area contributed by atoms with Crippen LogP contribution < -0.4 is 24.3 Å². The normalized spacial score (nSPS) is 20.3. The summed E-state index contributed by atoms with van der Waals surface area (Å²) in [6.07, 6.45) is -2.39. The second-order valence-electron chi connectivity index (χ2n) is 8.00. The molecule has 0 spiro atoms. The summed E-state index contributed by atoms with van der Waals surface area (Å²) in [6, 6.07) is 7.09. The Bertz CT molecular complexity index is 1260. The van der Waals surface area contributed by atoms with Gasteiger partial charge in [-0.05, 0) is 72.2 Å². The van der Waals surface area contributed by atoms with E-state index in [0.717, 1.165) is 21.6 Å². The van der Waals surface area contributed by atoms with Gasteiger partial charge < -0.3 is 29.2 Å². The fraction of sp³-hybridized carbons (Fsp3) is 0.500. The Morgan fingerprint density at radius 1 is 0.941 bits per heavy atom. The summed E-state index contributed by atoms with van der Waals surface area (Å²) in [5.74, 6) is 1.31. The molecule has 0 fully saturated rings. The number of methoxy groups -OCH3 is 4. The van der Waals surface area contributed by atoms with Gasteiger partial charge in [-0.1, -0.05) is 0 Å². The molecule has 2 aromatic carbocycles. The number of carbonyl (C=O) groups is 1. The molecular formula is C26H35ClN2O5. The van der Waals surface area contributed by atoms with E-state index in [4.69, 9.17) is 27.2 Å². The van der Waals surface area contributed by atoms with E-state index in [1.807, 2.05) is 12.1 Å². The van der Waals surface area contributed by atoms with Crippen molar-refractivity contribution in [1.29, 1.82) is 0 Å². The van der Waals surface area contributed by atoms with Gasteiger partial charge in [-0.25, -0.2) is 0 Å². The molecule has 8 heteroatoms. The van der Waals surface area contributed by atoms with Crippen molar-refractivity contribution in [3.8, 4) is 23.0 Å². The summed E-state index contributed by atoms with van der Waals surface area (Å²) in [7, 11) is 6.05. The standard InChI is InChI=1S/C26H34N2O5.ClH/c1-30-22-11-17-6-9-28(26(29)14-18(17)12-23(22)31-2)8-5-7-27-16-20-10-19-13-24(32-3)25(33-4)15-21(19)20;/h11-13,15,20,27H,5-10,14,16H2,1-4H3;1H/t20-;/m1./s1/i5D2,7D2,8D2;. The molecule has 1 N–H and O–H groups in total. The van der Waals surface area contributed by atoms with Crippen molar-refractivity contribution in [3.63, 3.8) is 0 Å². The van der Waals surface area contributed by atoms with Crippen LogP contribution in [0, 0.1) is 0 Å². The molecule has 186 valence electrons. The van der Waals surface area contributed by atoms with Crippen LogP contribution in [-0.4, -0.2) is 65.3 Å². The molecule has 1 heterocycles. The van der Waals surface area contributed by atoms with E-state index >= 15 is 0 Å². The van der Waals surface area contributed by atoms with Crippen LogP contribution in [-0.2, 0) is 24.1 Å². The lowest BCUT2D eigenvalue weighted by Gasteiger charge is -2.31. The first-order valence-corrected chi connectivity index (χ1v) is 10.8. The van der Waals surface area contributed by atoms with Crippen molar-refractivity contribution in [2.75, 3.05) is 54.5 Å². The lowest BCUT2D eigenvalue weighted by atomic mass is 9.77. The SMILES string of the molecule is Cl.[2H]C([2H])(NC[C@H]1Cc2cc(OC)c(OC)cc21)C([2H])([2H])C([2H])([2H])N1CCc2cc(OC)c(OC)cc2CC1=O. The van der Waals surface area contributed by atoms with E-state index in [1.54, 1.807) is 19.2 Å². The van der Waals surface area contributed by atoms with Crippen LogP contribution in [0.4, 0.5) is 0 Å². The van der Waals surface area contributed by atoms with E-state index in [2.05, 4.69) is 5.32 Å². The molecule has 0 aromatic heterocycles. The number of halogens is 1. The van der Waals surface area contributed by atoms with E-state index < -0.39 is 25.3 Å². The first-order valence-electron chi connectivity index (χ1n) is 13.8. The third-order valence-electron chi connectivity index (χ3n) is 6.20. The molecule has 0 radical (unpaired) electrons. The largest absolute Gasteiger partial charge is 0.493 e. The number of rotatable bonds is 10. The minimum Gasteiger partial charge on any atom is -0.493 e. The second-order valence-corrected chi connectivity index (χ2v) is 8.00. The maximum atomic E-state index is 13.2. The molecule has 1 atom stereocenters. The Labute approximate surface area is 216 Å². The third-order valence-corrected chi connectivity index (χ3v) is 6.20. The Morgan fingerprint density at radius 2 is 1.53 bits per heavy atom. The maximum Gasteiger partial charge on any atom is 0.227 e. The van der Waals surface area contributed by atoms with Crippen LogP contribution in [0.15, 0.2) is 24.3 Å². The quantitative estimate of drug-likeness (QED) is 0.543. The molecule has 4 rings (SSSR count). The van der Waals surface area contributed by atoms with Crippen LogP contribution in [0.2, 0.25) is 0 Å². The summed E-state index contributed by atoms with van der Waals surface area (Å²) in [6.45, 7) is -5.80. The van der Waals surface area contributed by atoms with Gasteiger partial charge in [0.1, 0.15) is 0 Å². The summed E-state index contributed by atoms with van der Waals surface area (Å²) in [5.41, 5.74) is 3.36.